The summed E-state index contributed by atoms with van der Waals surface area (Å²) in [5.74, 6) is 1.67. The van der Waals surface area contributed by atoms with Gasteiger partial charge in [0.2, 0.25) is 0 Å². The van der Waals surface area contributed by atoms with Gasteiger partial charge in [0.25, 0.3) is 0 Å². The van der Waals surface area contributed by atoms with Crippen LogP contribution in [0.5, 0.6) is 0 Å². The van der Waals surface area contributed by atoms with Crippen molar-refractivity contribution in [2.75, 3.05) is 11.9 Å². The summed E-state index contributed by atoms with van der Waals surface area (Å²) < 4.78 is 1.02. The molecule has 0 fully saturated rings. The molecule has 3 nitrogen and oxygen atoms in total. The average Bonchev–Trinajstić information content (AvgIpc) is 2.78. The van der Waals surface area contributed by atoms with Crippen LogP contribution in [0.4, 0.5) is 5.82 Å². The topological polar surface area (TPSA) is 29.0 Å². The van der Waals surface area contributed by atoms with Crippen LogP contribution in [0.3, 0.4) is 0 Å². The zero-order valence-corrected chi connectivity index (χ0v) is 18.2. The molecule has 4 aromatic carbocycles. The van der Waals surface area contributed by atoms with E-state index in [1.165, 1.54) is 16.3 Å². The van der Waals surface area contributed by atoms with E-state index in [4.69, 9.17) is 9.97 Å². The SMILES string of the molecule is CN(Cc1cccc2ccccc12)c1nc(-c2cccc(Br)c2)nc2ccccc12. The van der Waals surface area contributed by atoms with Gasteiger partial charge in [-0.25, -0.2) is 9.97 Å². The molecule has 0 saturated carbocycles. The Hall–Kier alpha value is -3.24. The van der Waals surface area contributed by atoms with Gasteiger partial charge in [-0.3, -0.25) is 0 Å². The van der Waals surface area contributed by atoms with E-state index in [0.29, 0.717) is 0 Å². The summed E-state index contributed by atoms with van der Waals surface area (Å²) in [5.41, 5.74) is 3.22. The van der Waals surface area contributed by atoms with Crippen molar-refractivity contribution in [3.05, 3.63) is 101 Å². The number of rotatable bonds is 4. The number of hydrogen-bond acceptors (Lipinski definition) is 3. The zero-order chi connectivity index (χ0) is 20.5. The maximum atomic E-state index is 4.98. The maximum Gasteiger partial charge on any atom is 0.162 e. The van der Waals surface area contributed by atoms with E-state index in [9.17, 15) is 0 Å². The van der Waals surface area contributed by atoms with E-state index < -0.39 is 0 Å². The summed E-state index contributed by atoms with van der Waals surface area (Å²) in [6.07, 6.45) is 0. The number of benzene rings is 4. The summed E-state index contributed by atoms with van der Waals surface area (Å²) in [7, 11) is 2.10. The Morgan fingerprint density at radius 1 is 0.767 bits per heavy atom. The molecule has 0 bridgehead atoms. The molecular formula is C26H20BrN3. The summed E-state index contributed by atoms with van der Waals surface area (Å²) in [5, 5.41) is 3.59. The molecule has 4 heteroatoms. The molecule has 5 rings (SSSR count). The highest BCUT2D eigenvalue weighted by Crippen LogP contribution is 2.29. The van der Waals surface area contributed by atoms with Crippen LogP contribution in [0.1, 0.15) is 5.56 Å². The van der Waals surface area contributed by atoms with Crippen LogP contribution in [0.25, 0.3) is 33.1 Å². The monoisotopic (exact) mass is 453 g/mol. The molecule has 0 aliphatic rings. The molecule has 30 heavy (non-hydrogen) atoms. The third-order valence-electron chi connectivity index (χ3n) is 5.31. The molecular weight excluding hydrogens is 434 g/mol. The molecule has 0 atom stereocenters. The number of halogens is 1. The lowest BCUT2D eigenvalue weighted by atomic mass is 10.0. The van der Waals surface area contributed by atoms with Crippen molar-refractivity contribution in [2.45, 2.75) is 6.54 Å². The van der Waals surface area contributed by atoms with Gasteiger partial charge in [0.05, 0.1) is 5.52 Å². The standard InChI is InChI=1S/C26H20BrN3/c1-30(17-20-11-6-9-18-8-2-3-13-22(18)20)26-23-14-4-5-15-24(23)28-25(29-26)19-10-7-12-21(27)16-19/h2-16H,17H2,1H3. The van der Waals surface area contributed by atoms with Crippen LogP contribution < -0.4 is 4.90 Å². The van der Waals surface area contributed by atoms with Crippen molar-refractivity contribution in [1.29, 1.82) is 0 Å². The summed E-state index contributed by atoms with van der Waals surface area (Å²) in [6.45, 7) is 0.764. The second-order valence-corrected chi connectivity index (χ2v) is 8.31. The van der Waals surface area contributed by atoms with Gasteiger partial charge in [0.1, 0.15) is 5.82 Å². The van der Waals surface area contributed by atoms with Crippen LogP contribution in [0.2, 0.25) is 0 Å². The molecule has 0 aliphatic carbocycles. The minimum absolute atomic E-state index is 0.731. The van der Waals surface area contributed by atoms with E-state index in [1.54, 1.807) is 0 Å². The van der Waals surface area contributed by atoms with Crippen LogP contribution >= 0.6 is 15.9 Å². The first-order chi connectivity index (χ1) is 14.7. The Morgan fingerprint density at radius 3 is 2.37 bits per heavy atom. The highest BCUT2D eigenvalue weighted by atomic mass is 79.9. The van der Waals surface area contributed by atoms with Gasteiger partial charge < -0.3 is 4.90 Å². The number of fused-ring (bicyclic) bond motifs is 2. The Balaban J connectivity index is 1.62. The van der Waals surface area contributed by atoms with E-state index in [2.05, 4.69) is 82.5 Å². The molecule has 0 saturated heterocycles. The smallest absolute Gasteiger partial charge is 0.162 e. The van der Waals surface area contributed by atoms with E-state index >= 15 is 0 Å². The Labute approximate surface area is 184 Å². The van der Waals surface area contributed by atoms with Gasteiger partial charge in [0, 0.05) is 29.0 Å². The first kappa shape index (κ1) is 18.8. The van der Waals surface area contributed by atoms with Gasteiger partial charge >= 0.3 is 0 Å². The number of nitrogens with zero attached hydrogens (tertiary/aromatic N) is 3. The molecule has 0 N–H and O–H groups in total. The van der Waals surface area contributed by atoms with Crippen LogP contribution in [-0.2, 0) is 6.54 Å². The molecule has 0 radical (unpaired) electrons. The number of anilines is 1. The molecule has 0 spiro atoms. The second-order valence-electron chi connectivity index (χ2n) is 7.39. The number of hydrogen-bond donors (Lipinski definition) is 0. The fourth-order valence-electron chi connectivity index (χ4n) is 3.87. The normalized spacial score (nSPS) is 11.1. The molecule has 1 heterocycles. The molecule has 1 aromatic heterocycles. The van der Waals surface area contributed by atoms with Crippen molar-refractivity contribution < 1.29 is 0 Å². The fourth-order valence-corrected chi connectivity index (χ4v) is 4.27. The summed E-state index contributed by atoms with van der Waals surface area (Å²) in [6, 6.07) is 31.3. The van der Waals surface area contributed by atoms with Crippen molar-refractivity contribution in [3.63, 3.8) is 0 Å². The minimum atomic E-state index is 0.731. The molecule has 0 unspecified atom stereocenters. The van der Waals surface area contributed by atoms with Crippen LogP contribution in [0, 0.1) is 0 Å². The predicted octanol–water partition coefficient (Wildman–Crippen LogP) is 6.85. The van der Waals surface area contributed by atoms with Crippen molar-refractivity contribution in [2.24, 2.45) is 0 Å². The van der Waals surface area contributed by atoms with Crippen molar-refractivity contribution in [1.82, 2.24) is 9.97 Å². The lowest BCUT2D eigenvalue weighted by Crippen LogP contribution is -2.19. The highest BCUT2D eigenvalue weighted by Gasteiger charge is 2.14. The lowest BCUT2D eigenvalue weighted by Gasteiger charge is -2.22. The maximum absolute atomic E-state index is 4.98. The third-order valence-corrected chi connectivity index (χ3v) is 5.81. The zero-order valence-electron chi connectivity index (χ0n) is 16.6. The quantitative estimate of drug-likeness (QED) is 0.297. The van der Waals surface area contributed by atoms with Gasteiger partial charge in [-0.15, -0.1) is 0 Å². The van der Waals surface area contributed by atoms with E-state index in [1.807, 2.05) is 36.4 Å². The van der Waals surface area contributed by atoms with E-state index in [-0.39, 0.29) is 0 Å². The van der Waals surface area contributed by atoms with E-state index in [0.717, 1.165) is 39.1 Å². The van der Waals surface area contributed by atoms with Crippen LogP contribution in [-0.4, -0.2) is 17.0 Å². The average molecular weight is 454 g/mol. The Kier molecular flexibility index (Phi) is 4.93. The highest BCUT2D eigenvalue weighted by molar-refractivity contribution is 9.10. The Bertz CT molecular complexity index is 1360. The largest absolute Gasteiger partial charge is 0.355 e. The third kappa shape index (κ3) is 3.55. The van der Waals surface area contributed by atoms with Gasteiger partial charge in [-0.2, -0.15) is 0 Å². The first-order valence-electron chi connectivity index (χ1n) is 9.89. The fraction of sp³-hybridized carbons (Fsp3) is 0.0769. The second kappa shape index (κ2) is 7.88. The summed E-state index contributed by atoms with van der Waals surface area (Å²) in [4.78, 5) is 12.0. The number of para-hydroxylation sites is 1. The predicted molar refractivity (Wildman–Crippen MR) is 129 cm³/mol. The first-order valence-corrected chi connectivity index (χ1v) is 10.7. The van der Waals surface area contributed by atoms with Crippen LogP contribution in [0.15, 0.2) is 95.5 Å². The van der Waals surface area contributed by atoms with Crippen molar-refractivity contribution >= 4 is 43.4 Å². The van der Waals surface area contributed by atoms with Crippen molar-refractivity contribution in [3.8, 4) is 11.4 Å². The molecule has 0 amide bonds. The molecule has 146 valence electrons. The minimum Gasteiger partial charge on any atom is -0.355 e. The van der Waals surface area contributed by atoms with Gasteiger partial charge in [0.15, 0.2) is 5.82 Å². The number of aromatic nitrogens is 2. The Morgan fingerprint density at radius 2 is 1.50 bits per heavy atom. The lowest BCUT2D eigenvalue weighted by molar-refractivity contribution is 0.908. The molecule has 0 aliphatic heterocycles. The van der Waals surface area contributed by atoms with Gasteiger partial charge in [-0.1, -0.05) is 82.7 Å². The van der Waals surface area contributed by atoms with Gasteiger partial charge in [-0.05, 0) is 40.6 Å². The molecule has 5 aromatic rings. The summed E-state index contributed by atoms with van der Waals surface area (Å²) >= 11 is 3.56.